The first-order chi connectivity index (χ1) is 5.75. The molecule has 0 spiro atoms. The van der Waals surface area contributed by atoms with Crippen LogP contribution in [0.3, 0.4) is 0 Å². The van der Waals surface area contributed by atoms with Gasteiger partial charge in [0.1, 0.15) is 0 Å². The molecule has 1 fully saturated rings. The summed E-state index contributed by atoms with van der Waals surface area (Å²) < 4.78 is 1.27. The van der Waals surface area contributed by atoms with Gasteiger partial charge in [0.05, 0.1) is 3.79 Å². The molecule has 0 aromatic carbocycles. The van der Waals surface area contributed by atoms with E-state index in [0.717, 1.165) is 12.6 Å². The van der Waals surface area contributed by atoms with E-state index in [2.05, 4.69) is 34.2 Å². The third-order valence-corrected chi connectivity index (χ3v) is 4.19. The minimum atomic E-state index is 0.811. The zero-order valence-electron chi connectivity index (χ0n) is 7.06. The second-order valence-corrected chi connectivity index (χ2v) is 5.78. The lowest BCUT2D eigenvalue weighted by Gasteiger charge is -1.97. The van der Waals surface area contributed by atoms with Gasteiger partial charge < -0.3 is 5.32 Å². The molecule has 66 valence electrons. The maximum absolute atomic E-state index is 3.53. The van der Waals surface area contributed by atoms with E-state index in [9.17, 15) is 0 Å². The van der Waals surface area contributed by atoms with Gasteiger partial charge in [-0.2, -0.15) is 0 Å². The molecule has 0 aliphatic heterocycles. The summed E-state index contributed by atoms with van der Waals surface area (Å²) >= 11 is 5.37. The summed E-state index contributed by atoms with van der Waals surface area (Å²) in [6.45, 7) is 3.18. The molecule has 0 radical (unpaired) electrons. The maximum Gasteiger partial charge on any atom is 0.0730 e. The van der Waals surface area contributed by atoms with Crippen LogP contribution in [0.25, 0.3) is 0 Å². The lowest BCUT2D eigenvalue weighted by Crippen LogP contribution is -2.14. The molecular formula is C9H12BrNS. The smallest absolute Gasteiger partial charge is 0.0730 e. The molecule has 1 aliphatic carbocycles. The van der Waals surface area contributed by atoms with Crippen molar-refractivity contribution in [1.29, 1.82) is 0 Å². The Morgan fingerprint density at radius 2 is 2.42 bits per heavy atom. The van der Waals surface area contributed by atoms with Gasteiger partial charge in [-0.05, 0) is 47.3 Å². The molecule has 1 aliphatic rings. The van der Waals surface area contributed by atoms with E-state index in [4.69, 9.17) is 0 Å². The quantitative estimate of drug-likeness (QED) is 0.864. The summed E-state index contributed by atoms with van der Waals surface area (Å²) in [6, 6.07) is 3.07. The molecule has 0 bridgehead atoms. The first kappa shape index (κ1) is 8.73. The number of hydrogen-bond donors (Lipinski definition) is 1. The number of rotatable bonds is 3. The van der Waals surface area contributed by atoms with Crippen LogP contribution in [0.4, 0.5) is 0 Å². The highest BCUT2D eigenvalue weighted by Crippen LogP contribution is 2.28. The van der Waals surface area contributed by atoms with Crippen LogP contribution in [-0.4, -0.2) is 6.04 Å². The standard InChI is InChI=1S/C9H12BrNS/c1-6-4-8(12-9(6)10)5-11-7-2-3-7/h4,7,11H,2-3,5H2,1H3. The van der Waals surface area contributed by atoms with Crippen molar-refractivity contribution in [3.63, 3.8) is 0 Å². The zero-order chi connectivity index (χ0) is 8.55. The summed E-state index contributed by atoms with van der Waals surface area (Å²) in [5.41, 5.74) is 1.35. The van der Waals surface area contributed by atoms with Crippen LogP contribution in [0, 0.1) is 6.92 Å². The predicted octanol–water partition coefficient (Wildman–Crippen LogP) is 3.07. The molecule has 2 rings (SSSR count). The van der Waals surface area contributed by atoms with Gasteiger partial charge in [0.2, 0.25) is 0 Å². The normalized spacial score (nSPS) is 16.8. The van der Waals surface area contributed by atoms with Crippen LogP contribution in [-0.2, 0) is 6.54 Å². The summed E-state index contributed by atoms with van der Waals surface area (Å²) in [5, 5.41) is 3.50. The summed E-state index contributed by atoms with van der Waals surface area (Å²) in [6.07, 6.45) is 2.73. The van der Waals surface area contributed by atoms with Gasteiger partial charge in [-0.1, -0.05) is 0 Å². The van der Waals surface area contributed by atoms with Gasteiger partial charge >= 0.3 is 0 Å². The monoisotopic (exact) mass is 245 g/mol. The highest BCUT2D eigenvalue weighted by molar-refractivity contribution is 9.11. The minimum Gasteiger partial charge on any atom is -0.309 e. The van der Waals surface area contributed by atoms with E-state index in [1.807, 2.05) is 11.3 Å². The Hall–Kier alpha value is 0.140. The van der Waals surface area contributed by atoms with Crippen LogP contribution in [0.5, 0.6) is 0 Å². The second kappa shape index (κ2) is 3.48. The Morgan fingerprint density at radius 1 is 1.67 bits per heavy atom. The van der Waals surface area contributed by atoms with Crippen molar-refractivity contribution in [2.45, 2.75) is 32.4 Å². The molecule has 1 aromatic rings. The predicted molar refractivity (Wildman–Crippen MR) is 56.6 cm³/mol. The number of thiophene rings is 1. The number of hydrogen-bond acceptors (Lipinski definition) is 2. The summed E-state index contributed by atoms with van der Waals surface area (Å²) in [4.78, 5) is 1.44. The van der Waals surface area contributed by atoms with Crippen molar-refractivity contribution in [1.82, 2.24) is 5.32 Å². The Morgan fingerprint density at radius 3 is 2.92 bits per heavy atom. The molecule has 1 nitrogen and oxygen atoms in total. The lowest BCUT2D eigenvalue weighted by atomic mass is 10.3. The molecule has 1 aromatic heterocycles. The molecular weight excluding hydrogens is 234 g/mol. The molecule has 0 amide bonds. The van der Waals surface area contributed by atoms with Crippen molar-refractivity contribution in [3.05, 3.63) is 20.3 Å². The van der Waals surface area contributed by atoms with Crippen LogP contribution in [0.2, 0.25) is 0 Å². The lowest BCUT2D eigenvalue weighted by molar-refractivity contribution is 0.695. The van der Waals surface area contributed by atoms with E-state index in [0.29, 0.717) is 0 Å². The minimum absolute atomic E-state index is 0.811. The van der Waals surface area contributed by atoms with Crippen molar-refractivity contribution in [2.24, 2.45) is 0 Å². The Labute approximate surface area is 85.3 Å². The zero-order valence-corrected chi connectivity index (χ0v) is 9.46. The van der Waals surface area contributed by atoms with Crippen molar-refractivity contribution < 1.29 is 0 Å². The molecule has 1 N–H and O–H groups in total. The van der Waals surface area contributed by atoms with Crippen LogP contribution in [0.1, 0.15) is 23.3 Å². The molecule has 0 atom stereocenters. The molecule has 12 heavy (non-hydrogen) atoms. The van der Waals surface area contributed by atoms with Gasteiger partial charge in [-0.15, -0.1) is 11.3 Å². The third kappa shape index (κ3) is 2.09. The Bertz CT molecular complexity index is 259. The number of nitrogens with one attached hydrogen (secondary N) is 1. The Kier molecular flexibility index (Phi) is 2.53. The van der Waals surface area contributed by atoms with Gasteiger partial charge in [-0.25, -0.2) is 0 Å². The summed E-state index contributed by atoms with van der Waals surface area (Å²) in [7, 11) is 0. The van der Waals surface area contributed by atoms with Crippen LogP contribution >= 0.6 is 27.3 Å². The molecule has 1 saturated carbocycles. The van der Waals surface area contributed by atoms with Gasteiger partial charge in [0.25, 0.3) is 0 Å². The number of aryl methyl sites for hydroxylation is 1. The third-order valence-electron chi connectivity index (χ3n) is 2.05. The van der Waals surface area contributed by atoms with E-state index >= 15 is 0 Å². The number of halogens is 1. The van der Waals surface area contributed by atoms with Crippen molar-refractivity contribution >= 4 is 27.3 Å². The van der Waals surface area contributed by atoms with E-state index in [1.54, 1.807) is 0 Å². The molecule has 0 unspecified atom stereocenters. The van der Waals surface area contributed by atoms with Gasteiger partial charge in [0, 0.05) is 17.5 Å². The topological polar surface area (TPSA) is 12.0 Å². The summed E-state index contributed by atoms with van der Waals surface area (Å²) in [5.74, 6) is 0. The molecule has 3 heteroatoms. The Balaban J connectivity index is 1.93. The fourth-order valence-electron chi connectivity index (χ4n) is 1.14. The van der Waals surface area contributed by atoms with E-state index in [-0.39, 0.29) is 0 Å². The first-order valence-electron chi connectivity index (χ1n) is 4.24. The van der Waals surface area contributed by atoms with E-state index < -0.39 is 0 Å². The molecule has 1 heterocycles. The molecule has 0 saturated heterocycles. The van der Waals surface area contributed by atoms with Crippen molar-refractivity contribution in [2.75, 3.05) is 0 Å². The maximum atomic E-state index is 3.53. The van der Waals surface area contributed by atoms with Crippen LogP contribution in [0.15, 0.2) is 9.85 Å². The van der Waals surface area contributed by atoms with Crippen LogP contribution < -0.4 is 5.32 Å². The first-order valence-corrected chi connectivity index (χ1v) is 5.85. The highest BCUT2D eigenvalue weighted by atomic mass is 79.9. The highest BCUT2D eigenvalue weighted by Gasteiger charge is 2.20. The average Bonchev–Trinajstić information content (AvgIpc) is 2.78. The van der Waals surface area contributed by atoms with Gasteiger partial charge in [0.15, 0.2) is 0 Å². The second-order valence-electron chi connectivity index (χ2n) is 3.32. The fourth-order valence-corrected chi connectivity index (χ4v) is 2.72. The largest absolute Gasteiger partial charge is 0.309 e. The van der Waals surface area contributed by atoms with Crippen molar-refractivity contribution in [3.8, 4) is 0 Å². The van der Waals surface area contributed by atoms with Gasteiger partial charge in [-0.3, -0.25) is 0 Å². The SMILES string of the molecule is Cc1cc(CNC2CC2)sc1Br. The van der Waals surface area contributed by atoms with E-state index in [1.165, 1.54) is 27.1 Å². The average molecular weight is 246 g/mol. The fraction of sp³-hybridized carbons (Fsp3) is 0.556.